The van der Waals surface area contributed by atoms with Crippen LogP contribution < -0.4 is 0 Å². The van der Waals surface area contributed by atoms with E-state index in [9.17, 15) is 22.7 Å². The Morgan fingerprint density at radius 2 is 2.00 bits per heavy atom. The number of furan rings is 1. The second-order valence-corrected chi connectivity index (χ2v) is 5.62. The van der Waals surface area contributed by atoms with E-state index in [0.29, 0.717) is 0 Å². The van der Waals surface area contributed by atoms with Crippen molar-refractivity contribution in [2.75, 3.05) is 0 Å². The molecule has 25 heavy (non-hydrogen) atoms. The Morgan fingerprint density at radius 3 is 2.64 bits per heavy atom. The Hall–Kier alpha value is -2.26. The van der Waals surface area contributed by atoms with Crippen molar-refractivity contribution < 1.29 is 31.9 Å². The summed E-state index contributed by atoms with van der Waals surface area (Å²) in [5.74, 6) is -1.70. The smallest absolute Gasteiger partial charge is 0.449 e. The highest BCUT2D eigenvalue weighted by molar-refractivity contribution is 6.31. The maximum Gasteiger partial charge on any atom is 0.449 e. The summed E-state index contributed by atoms with van der Waals surface area (Å²) >= 11 is 5.95. The lowest BCUT2D eigenvalue weighted by Crippen LogP contribution is -2.36. The van der Waals surface area contributed by atoms with Crippen molar-refractivity contribution >= 4 is 17.4 Å². The lowest BCUT2D eigenvalue weighted by atomic mass is 10.1. The van der Waals surface area contributed by atoms with Crippen LogP contribution in [0.5, 0.6) is 0 Å². The minimum Gasteiger partial charge on any atom is -0.455 e. The quantitative estimate of drug-likeness (QED) is 0.823. The minimum absolute atomic E-state index is 0.0656. The van der Waals surface area contributed by atoms with E-state index in [2.05, 4.69) is 5.16 Å². The van der Waals surface area contributed by atoms with Gasteiger partial charge in [-0.15, -0.1) is 0 Å². The van der Waals surface area contributed by atoms with Gasteiger partial charge in [-0.05, 0) is 24.3 Å². The van der Waals surface area contributed by atoms with Gasteiger partial charge in [-0.2, -0.15) is 13.2 Å². The second-order valence-electron chi connectivity index (χ2n) is 5.21. The fraction of sp³-hybridized carbons (Fsp3) is 0.267. The molecule has 0 radical (unpaired) electrons. The molecule has 0 saturated carbocycles. The molecule has 0 bridgehead atoms. The number of aliphatic hydroxyl groups excluding tert-OH is 1. The standard InChI is InChI=1S/C15H11ClF4N2O3/c16-10-2-1-3-11(17)9(10)6-13-21-25-14(23)22(13)7-8-4-5-12(24-8)15(18,19)20/h1-5,14,23H,6-7H2. The zero-order valence-electron chi connectivity index (χ0n) is 12.4. The monoisotopic (exact) mass is 378 g/mol. The molecule has 1 N–H and O–H groups in total. The van der Waals surface area contributed by atoms with E-state index in [4.69, 9.17) is 20.9 Å². The van der Waals surface area contributed by atoms with Gasteiger partial charge in [0.1, 0.15) is 11.6 Å². The number of nitrogens with zero attached hydrogens (tertiary/aromatic N) is 2. The topological polar surface area (TPSA) is 58.2 Å². The molecule has 1 aromatic heterocycles. The number of hydrogen-bond acceptors (Lipinski definition) is 5. The summed E-state index contributed by atoms with van der Waals surface area (Å²) in [6, 6.07) is 6.03. The summed E-state index contributed by atoms with van der Waals surface area (Å²) in [4.78, 5) is 5.86. The zero-order valence-corrected chi connectivity index (χ0v) is 13.2. The predicted molar refractivity (Wildman–Crippen MR) is 78.9 cm³/mol. The Labute approximate surface area is 144 Å². The van der Waals surface area contributed by atoms with Crippen molar-refractivity contribution in [1.82, 2.24) is 4.90 Å². The molecule has 1 aliphatic rings. The third-order valence-electron chi connectivity index (χ3n) is 3.51. The van der Waals surface area contributed by atoms with Crippen molar-refractivity contribution in [2.45, 2.75) is 25.6 Å². The SMILES string of the molecule is OC1ON=C(Cc2c(F)cccc2Cl)N1Cc1ccc(C(F)(F)F)o1. The third-order valence-corrected chi connectivity index (χ3v) is 3.87. The van der Waals surface area contributed by atoms with E-state index in [0.717, 1.165) is 17.0 Å². The molecular formula is C15H11ClF4N2O3. The lowest BCUT2D eigenvalue weighted by molar-refractivity contribution is -0.156. The molecular weight excluding hydrogens is 368 g/mol. The molecule has 0 aliphatic carbocycles. The molecule has 2 aromatic rings. The summed E-state index contributed by atoms with van der Waals surface area (Å²) < 4.78 is 56.3. The van der Waals surface area contributed by atoms with Crippen molar-refractivity contribution in [3.63, 3.8) is 0 Å². The highest BCUT2D eigenvalue weighted by Crippen LogP contribution is 2.31. The van der Waals surface area contributed by atoms with Crippen LogP contribution in [0.2, 0.25) is 5.02 Å². The van der Waals surface area contributed by atoms with E-state index in [1.165, 1.54) is 18.2 Å². The molecule has 0 amide bonds. The van der Waals surface area contributed by atoms with Crippen molar-refractivity contribution in [3.8, 4) is 0 Å². The highest BCUT2D eigenvalue weighted by atomic mass is 35.5. The first-order valence-electron chi connectivity index (χ1n) is 7.02. The fourth-order valence-corrected chi connectivity index (χ4v) is 2.52. The van der Waals surface area contributed by atoms with E-state index in [-0.39, 0.29) is 35.1 Å². The molecule has 5 nitrogen and oxygen atoms in total. The van der Waals surface area contributed by atoms with Gasteiger partial charge >= 0.3 is 12.6 Å². The number of hydrogen-bond donors (Lipinski definition) is 1. The average Bonchev–Trinajstić information content (AvgIpc) is 3.12. The van der Waals surface area contributed by atoms with Crippen LogP contribution in [-0.2, 0) is 24.0 Å². The fourth-order valence-electron chi connectivity index (χ4n) is 2.29. The molecule has 10 heteroatoms. The summed E-state index contributed by atoms with van der Waals surface area (Å²) in [6.07, 6.45) is -6.26. The summed E-state index contributed by atoms with van der Waals surface area (Å²) in [5.41, 5.74) is 0.126. The largest absolute Gasteiger partial charge is 0.455 e. The van der Waals surface area contributed by atoms with Crippen LogP contribution >= 0.6 is 11.6 Å². The van der Waals surface area contributed by atoms with Crippen LogP contribution in [0.25, 0.3) is 0 Å². The van der Waals surface area contributed by atoms with Gasteiger partial charge in [0.25, 0.3) is 0 Å². The molecule has 3 rings (SSSR count). The Bertz CT molecular complexity index is 786. The predicted octanol–water partition coefficient (Wildman–Crippen LogP) is 3.76. The summed E-state index contributed by atoms with van der Waals surface area (Å²) in [5, 5.41) is 13.6. The van der Waals surface area contributed by atoms with E-state index in [1.807, 2.05) is 0 Å². The average molecular weight is 379 g/mol. The summed E-state index contributed by atoms with van der Waals surface area (Å²) in [6.45, 7) is -0.248. The van der Waals surface area contributed by atoms with Crippen LogP contribution in [0.4, 0.5) is 17.6 Å². The first-order chi connectivity index (χ1) is 11.8. The lowest BCUT2D eigenvalue weighted by Gasteiger charge is -2.20. The Kier molecular flexibility index (Phi) is 4.61. The molecule has 134 valence electrons. The number of halogens is 5. The third kappa shape index (κ3) is 3.72. The molecule has 1 aromatic carbocycles. The van der Waals surface area contributed by atoms with Crippen LogP contribution in [0.3, 0.4) is 0 Å². The maximum absolute atomic E-state index is 13.9. The number of oxime groups is 1. The second kappa shape index (κ2) is 6.57. The van der Waals surface area contributed by atoms with E-state index >= 15 is 0 Å². The van der Waals surface area contributed by atoms with Gasteiger partial charge in [0.15, 0.2) is 5.84 Å². The minimum atomic E-state index is -4.62. The van der Waals surface area contributed by atoms with Gasteiger partial charge in [0, 0.05) is 17.0 Å². The molecule has 1 atom stereocenters. The van der Waals surface area contributed by atoms with Crippen molar-refractivity contribution in [2.24, 2.45) is 5.16 Å². The molecule has 1 unspecified atom stereocenters. The van der Waals surface area contributed by atoms with Crippen LogP contribution in [0.1, 0.15) is 17.1 Å². The van der Waals surface area contributed by atoms with Crippen LogP contribution in [0, 0.1) is 5.82 Å². The van der Waals surface area contributed by atoms with Gasteiger partial charge in [-0.1, -0.05) is 22.8 Å². The van der Waals surface area contributed by atoms with Crippen LogP contribution in [-0.4, -0.2) is 22.3 Å². The molecule has 0 fully saturated rings. The maximum atomic E-state index is 13.9. The normalized spacial score (nSPS) is 17.6. The summed E-state index contributed by atoms with van der Waals surface area (Å²) in [7, 11) is 0. The van der Waals surface area contributed by atoms with Gasteiger partial charge in [0.2, 0.25) is 5.76 Å². The van der Waals surface area contributed by atoms with Gasteiger partial charge in [0.05, 0.1) is 6.54 Å². The molecule has 2 heterocycles. The first kappa shape index (κ1) is 17.6. The number of amidine groups is 1. The van der Waals surface area contributed by atoms with Gasteiger partial charge in [-0.25, -0.2) is 4.39 Å². The number of benzene rings is 1. The first-order valence-corrected chi connectivity index (χ1v) is 7.39. The van der Waals surface area contributed by atoms with E-state index in [1.54, 1.807) is 0 Å². The van der Waals surface area contributed by atoms with Crippen molar-refractivity contribution in [3.05, 3.63) is 58.3 Å². The highest BCUT2D eigenvalue weighted by Gasteiger charge is 2.36. The number of aliphatic hydroxyl groups is 1. The van der Waals surface area contributed by atoms with Crippen LogP contribution in [0.15, 0.2) is 39.9 Å². The zero-order chi connectivity index (χ0) is 18.2. The number of rotatable bonds is 4. The van der Waals surface area contributed by atoms with Gasteiger partial charge in [-0.3, -0.25) is 4.90 Å². The van der Waals surface area contributed by atoms with Crippen molar-refractivity contribution in [1.29, 1.82) is 0 Å². The number of alkyl halides is 3. The van der Waals surface area contributed by atoms with E-state index < -0.39 is 24.2 Å². The Morgan fingerprint density at radius 1 is 1.24 bits per heavy atom. The molecule has 1 aliphatic heterocycles. The molecule has 0 spiro atoms. The molecule has 0 saturated heterocycles. The van der Waals surface area contributed by atoms with Gasteiger partial charge < -0.3 is 14.4 Å². The Balaban J connectivity index is 1.78.